The molecule has 25 heavy (non-hydrogen) atoms. The Balaban J connectivity index is 2.02. The number of nitro benzene ring substituents is 1. The van der Waals surface area contributed by atoms with Crippen molar-refractivity contribution in [3.05, 3.63) is 58.4 Å². The first-order chi connectivity index (χ1) is 11.7. The maximum absolute atomic E-state index is 13.2. The zero-order valence-electron chi connectivity index (χ0n) is 12.9. The van der Waals surface area contributed by atoms with Crippen LogP contribution in [0.5, 0.6) is 5.75 Å². The Kier molecular flexibility index (Phi) is 5.32. The molecule has 0 aromatic heterocycles. The highest BCUT2D eigenvalue weighted by molar-refractivity contribution is 7.90. The predicted molar refractivity (Wildman–Crippen MR) is 86.7 cm³/mol. The van der Waals surface area contributed by atoms with Crippen LogP contribution < -0.4 is 10.1 Å². The molecule has 2 aromatic carbocycles. The van der Waals surface area contributed by atoms with E-state index in [1.165, 1.54) is 24.3 Å². The SMILES string of the molecule is CS(=O)(=O)c1ccc(NC(=O)COc2cc(F)ccc2[N+](=O)[O-])cc1. The van der Waals surface area contributed by atoms with Gasteiger partial charge in [0.1, 0.15) is 5.82 Å². The number of hydrogen-bond donors (Lipinski definition) is 1. The van der Waals surface area contributed by atoms with Gasteiger partial charge in [0, 0.05) is 24.1 Å². The topological polar surface area (TPSA) is 116 Å². The second-order valence-corrected chi connectivity index (χ2v) is 7.02. The Morgan fingerprint density at radius 1 is 1.24 bits per heavy atom. The molecule has 1 N–H and O–H groups in total. The van der Waals surface area contributed by atoms with Crippen molar-refractivity contribution >= 4 is 27.1 Å². The van der Waals surface area contributed by atoms with Crippen LogP contribution in [0.2, 0.25) is 0 Å². The molecule has 10 heteroatoms. The number of rotatable bonds is 6. The number of nitrogens with one attached hydrogen (secondary N) is 1. The van der Waals surface area contributed by atoms with Crippen molar-refractivity contribution < 1.29 is 27.3 Å². The van der Waals surface area contributed by atoms with Crippen LogP contribution in [0.3, 0.4) is 0 Å². The van der Waals surface area contributed by atoms with Crippen LogP contribution in [0.25, 0.3) is 0 Å². The molecule has 0 unspecified atom stereocenters. The van der Waals surface area contributed by atoms with Crippen molar-refractivity contribution in [1.29, 1.82) is 0 Å². The molecule has 0 fully saturated rings. The van der Waals surface area contributed by atoms with Crippen molar-refractivity contribution in [2.24, 2.45) is 0 Å². The quantitative estimate of drug-likeness (QED) is 0.617. The Morgan fingerprint density at radius 2 is 1.88 bits per heavy atom. The summed E-state index contributed by atoms with van der Waals surface area (Å²) in [5.74, 6) is -1.75. The number of halogens is 1. The Bertz CT molecular complexity index is 912. The summed E-state index contributed by atoms with van der Waals surface area (Å²) in [5, 5.41) is 13.3. The Labute approximate surface area is 142 Å². The van der Waals surface area contributed by atoms with Crippen LogP contribution in [-0.4, -0.2) is 32.1 Å². The van der Waals surface area contributed by atoms with Crippen LogP contribution in [0.4, 0.5) is 15.8 Å². The van der Waals surface area contributed by atoms with Gasteiger partial charge in [-0.25, -0.2) is 12.8 Å². The van der Waals surface area contributed by atoms with Gasteiger partial charge in [-0.05, 0) is 30.3 Å². The third kappa shape index (κ3) is 4.98. The summed E-state index contributed by atoms with van der Waals surface area (Å²) in [7, 11) is -3.35. The molecule has 0 radical (unpaired) electrons. The van der Waals surface area contributed by atoms with E-state index in [9.17, 15) is 27.7 Å². The largest absolute Gasteiger partial charge is 0.477 e. The van der Waals surface area contributed by atoms with Crippen LogP contribution >= 0.6 is 0 Å². The lowest BCUT2D eigenvalue weighted by atomic mass is 10.3. The van der Waals surface area contributed by atoms with Crippen molar-refractivity contribution in [2.75, 3.05) is 18.2 Å². The smallest absolute Gasteiger partial charge is 0.311 e. The fourth-order valence-electron chi connectivity index (χ4n) is 1.88. The minimum absolute atomic E-state index is 0.0946. The molecular weight excluding hydrogens is 355 g/mol. The highest BCUT2D eigenvalue weighted by Crippen LogP contribution is 2.27. The molecule has 0 saturated carbocycles. The van der Waals surface area contributed by atoms with Crippen molar-refractivity contribution in [3.63, 3.8) is 0 Å². The maximum atomic E-state index is 13.2. The zero-order chi connectivity index (χ0) is 18.6. The molecule has 1 amide bonds. The van der Waals surface area contributed by atoms with Gasteiger partial charge < -0.3 is 10.1 Å². The molecule has 0 aliphatic rings. The van der Waals surface area contributed by atoms with E-state index in [0.717, 1.165) is 24.5 Å². The van der Waals surface area contributed by atoms with Crippen LogP contribution in [-0.2, 0) is 14.6 Å². The van der Waals surface area contributed by atoms with E-state index in [0.29, 0.717) is 5.69 Å². The standard InChI is InChI=1S/C15H13FN2O6S/c1-25(22,23)12-5-3-11(4-6-12)17-15(19)9-24-14-8-10(16)2-7-13(14)18(20)21/h2-8H,9H2,1H3,(H,17,19). The number of hydrogen-bond acceptors (Lipinski definition) is 6. The summed E-state index contributed by atoms with van der Waals surface area (Å²) in [6, 6.07) is 8.08. The summed E-state index contributed by atoms with van der Waals surface area (Å²) in [6.07, 6.45) is 1.06. The molecule has 8 nitrogen and oxygen atoms in total. The second-order valence-electron chi connectivity index (χ2n) is 5.00. The van der Waals surface area contributed by atoms with Gasteiger partial charge >= 0.3 is 5.69 Å². The van der Waals surface area contributed by atoms with Crippen molar-refractivity contribution in [3.8, 4) is 5.75 Å². The third-order valence-corrected chi connectivity index (χ3v) is 4.17. The van der Waals surface area contributed by atoms with Crippen molar-refractivity contribution in [1.82, 2.24) is 0 Å². The lowest BCUT2D eigenvalue weighted by Gasteiger charge is -2.08. The number of benzene rings is 2. The fraction of sp³-hybridized carbons (Fsp3) is 0.133. The summed E-state index contributed by atoms with van der Waals surface area (Å²) in [4.78, 5) is 22.0. The summed E-state index contributed by atoms with van der Waals surface area (Å²) in [6.45, 7) is -0.585. The van der Waals surface area contributed by atoms with E-state index in [-0.39, 0.29) is 10.6 Å². The van der Waals surface area contributed by atoms with E-state index in [4.69, 9.17) is 4.74 Å². The second kappa shape index (κ2) is 7.26. The fourth-order valence-corrected chi connectivity index (χ4v) is 2.51. The van der Waals surface area contributed by atoms with Gasteiger partial charge in [0.15, 0.2) is 16.4 Å². The molecule has 0 aliphatic carbocycles. The lowest BCUT2D eigenvalue weighted by molar-refractivity contribution is -0.385. The monoisotopic (exact) mass is 368 g/mol. The van der Waals surface area contributed by atoms with Gasteiger partial charge in [-0.1, -0.05) is 0 Å². The normalized spacial score (nSPS) is 11.0. The van der Waals surface area contributed by atoms with E-state index >= 15 is 0 Å². The van der Waals surface area contributed by atoms with Crippen LogP contribution in [0.15, 0.2) is 47.4 Å². The molecule has 0 spiro atoms. The van der Waals surface area contributed by atoms with Crippen LogP contribution in [0, 0.1) is 15.9 Å². The molecular formula is C15H13FN2O6S. The predicted octanol–water partition coefficient (Wildman–Crippen LogP) is 2.15. The van der Waals surface area contributed by atoms with Gasteiger partial charge in [0.2, 0.25) is 5.75 Å². The van der Waals surface area contributed by atoms with Gasteiger partial charge in [-0.3, -0.25) is 14.9 Å². The number of ether oxygens (including phenoxy) is 1. The minimum Gasteiger partial charge on any atom is -0.477 e. The van der Waals surface area contributed by atoms with E-state index in [1.807, 2.05) is 0 Å². The minimum atomic E-state index is -3.35. The first-order valence-electron chi connectivity index (χ1n) is 6.83. The Morgan fingerprint density at radius 3 is 2.44 bits per heavy atom. The number of nitro groups is 1. The zero-order valence-corrected chi connectivity index (χ0v) is 13.7. The van der Waals surface area contributed by atoms with Gasteiger partial charge in [-0.2, -0.15) is 0 Å². The molecule has 0 aliphatic heterocycles. The van der Waals surface area contributed by atoms with Crippen LogP contribution in [0.1, 0.15) is 0 Å². The number of carbonyl (C=O) groups excluding carboxylic acids is 1. The van der Waals surface area contributed by atoms with E-state index in [1.54, 1.807) is 0 Å². The van der Waals surface area contributed by atoms with Crippen molar-refractivity contribution in [2.45, 2.75) is 4.90 Å². The van der Waals surface area contributed by atoms with Gasteiger partial charge in [0.05, 0.1) is 9.82 Å². The molecule has 2 rings (SSSR count). The van der Waals surface area contributed by atoms with E-state index < -0.39 is 38.8 Å². The Hall–Kier alpha value is -3.01. The molecule has 2 aromatic rings. The first-order valence-corrected chi connectivity index (χ1v) is 8.72. The molecule has 132 valence electrons. The number of sulfone groups is 1. The molecule has 0 heterocycles. The highest BCUT2D eigenvalue weighted by Gasteiger charge is 2.17. The number of amides is 1. The average Bonchev–Trinajstić information content (AvgIpc) is 2.52. The van der Waals surface area contributed by atoms with Gasteiger partial charge in [0.25, 0.3) is 5.91 Å². The van der Waals surface area contributed by atoms with Gasteiger partial charge in [-0.15, -0.1) is 0 Å². The summed E-state index contributed by atoms with van der Waals surface area (Å²) >= 11 is 0. The first kappa shape index (κ1) is 18.3. The third-order valence-electron chi connectivity index (χ3n) is 3.04. The molecule has 0 atom stereocenters. The molecule has 0 saturated heterocycles. The number of carbonyl (C=O) groups is 1. The van der Waals surface area contributed by atoms with E-state index in [2.05, 4.69) is 5.32 Å². The summed E-state index contributed by atoms with van der Waals surface area (Å²) in [5.41, 5.74) is -0.151. The maximum Gasteiger partial charge on any atom is 0.311 e. The number of nitrogens with zero attached hydrogens (tertiary/aromatic N) is 1. The average molecular weight is 368 g/mol. The lowest BCUT2D eigenvalue weighted by Crippen LogP contribution is -2.20. The number of anilines is 1. The highest BCUT2D eigenvalue weighted by atomic mass is 32.2. The summed E-state index contributed by atoms with van der Waals surface area (Å²) < 4.78 is 40.9. The molecule has 0 bridgehead atoms.